The average Bonchev–Trinajstić information content (AvgIpc) is 3.15. The Morgan fingerprint density at radius 3 is 2.69 bits per heavy atom. The first kappa shape index (κ1) is 33.1. The number of nitrogens with zero attached hydrogens (tertiary/aromatic N) is 2. The maximum atomic E-state index is 12.2. The van der Waals surface area contributed by atoms with Crippen molar-refractivity contribution in [1.29, 1.82) is 0 Å². The van der Waals surface area contributed by atoms with Crippen LogP contribution in [0.4, 0.5) is 0 Å². The van der Waals surface area contributed by atoms with Crippen LogP contribution in [0.5, 0.6) is 5.75 Å². The second kappa shape index (κ2) is 13.6. The number of carbonyl (C=O) groups is 1. The highest BCUT2D eigenvalue weighted by Crippen LogP contribution is 2.47. The number of rotatable bonds is 10. The van der Waals surface area contributed by atoms with E-state index in [0.29, 0.717) is 31.1 Å². The molecule has 3 heterocycles. The lowest BCUT2D eigenvalue weighted by molar-refractivity contribution is -0.171. The van der Waals surface area contributed by atoms with E-state index in [1.807, 2.05) is 43.3 Å². The Morgan fingerprint density at radius 1 is 1.18 bits per heavy atom. The fourth-order valence-corrected chi connectivity index (χ4v) is 6.54. The summed E-state index contributed by atoms with van der Waals surface area (Å²) in [6, 6.07) is 17.1. The number of likely N-dealkylation sites (tertiary alicyclic amines) is 1. The van der Waals surface area contributed by atoms with Gasteiger partial charge in [-0.1, -0.05) is 48.9 Å². The minimum Gasteiger partial charge on any atom is -0.487 e. The van der Waals surface area contributed by atoms with Crippen molar-refractivity contribution < 1.29 is 29.2 Å². The number of aromatic nitrogens is 1. The van der Waals surface area contributed by atoms with Gasteiger partial charge >= 0.3 is 5.97 Å². The van der Waals surface area contributed by atoms with Gasteiger partial charge in [0.2, 0.25) is 0 Å². The Kier molecular flexibility index (Phi) is 10.0. The van der Waals surface area contributed by atoms with Gasteiger partial charge in [-0.2, -0.15) is 0 Å². The van der Waals surface area contributed by atoms with Crippen LogP contribution in [-0.2, 0) is 32.1 Å². The molecule has 0 aliphatic carbocycles. The van der Waals surface area contributed by atoms with Crippen molar-refractivity contribution in [3.8, 4) is 5.75 Å². The molecule has 3 aromatic rings. The molecule has 1 saturated heterocycles. The SMILES string of the molecule is CCOC(=O)COCC1(C)CN(CC/C=C2\c3cc(C(C)(C)O)ccc3OCc3ncccc32)CCC1(O)c1ccc(Cl)cc1. The summed E-state index contributed by atoms with van der Waals surface area (Å²) >= 11 is 6.17. The maximum Gasteiger partial charge on any atom is 0.332 e. The van der Waals surface area contributed by atoms with Gasteiger partial charge in [-0.15, -0.1) is 0 Å². The number of esters is 1. The summed E-state index contributed by atoms with van der Waals surface area (Å²) in [4.78, 5) is 18.9. The molecule has 1 aromatic heterocycles. The second-order valence-corrected chi connectivity index (χ2v) is 13.2. The largest absolute Gasteiger partial charge is 0.487 e. The standard InChI is InChI=1S/C36H43ClN2O6/c1-5-44-33(40)22-43-24-35(4)23-39(19-16-36(35,42)25-10-13-27(37)14-11-25)18-7-9-28-29-8-6-17-38-31(29)21-45-32-15-12-26(20-30(28)32)34(2,3)41/h6,8-15,17,20,41-42H,5,7,16,18-19,21-24H2,1-4H3/b28-9-. The number of benzene rings is 2. The maximum absolute atomic E-state index is 12.2. The first-order chi connectivity index (χ1) is 21.4. The molecule has 8 nitrogen and oxygen atoms in total. The van der Waals surface area contributed by atoms with Crippen LogP contribution < -0.4 is 4.74 Å². The van der Waals surface area contributed by atoms with E-state index in [0.717, 1.165) is 52.2 Å². The highest BCUT2D eigenvalue weighted by Gasteiger charge is 2.52. The Balaban J connectivity index is 1.40. The summed E-state index contributed by atoms with van der Waals surface area (Å²) in [5.41, 5.74) is 2.49. The van der Waals surface area contributed by atoms with E-state index in [2.05, 4.69) is 22.0 Å². The summed E-state index contributed by atoms with van der Waals surface area (Å²) in [6.45, 7) is 9.95. The van der Waals surface area contributed by atoms with Crippen LogP contribution in [0.2, 0.25) is 5.02 Å². The monoisotopic (exact) mass is 634 g/mol. The zero-order valence-corrected chi connectivity index (χ0v) is 27.3. The molecule has 2 aromatic carbocycles. The summed E-state index contributed by atoms with van der Waals surface area (Å²) in [5.74, 6) is 0.329. The van der Waals surface area contributed by atoms with Crippen LogP contribution in [0.3, 0.4) is 0 Å². The number of ether oxygens (including phenoxy) is 3. The molecule has 5 rings (SSSR count). The number of hydrogen-bond acceptors (Lipinski definition) is 8. The van der Waals surface area contributed by atoms with Gasteiger partial charge < -0.3 is 29.3 Å². The molecule has 0 saturated carbocycles. The smallest absolute Gasteiger partial charge is 0.332 e. The molecule has 0 radical (unpaired) electrons. The van der Waals surface area contributed by atoms with Crippen molar-refractivity contribution >= 4 is 23.1 Å². The summed E-state index contributed by atoms with van der Waals surface area (Å²) < 4.78 is 17.1. The predicted molar refractivity (Wildman–Crippen MR) is 174 cm³/mol. The minimum absolute atomic E-state index is 0.173. The van der Waals surface area contributed by atoms with E-state index >= 15 is 0 Å². The third-order valence-corrected chi connectivity index (χ3v) is 9.20. The van der Waals surface area contributed by atoms with Crippen LogP contribution in [0.15, 0.2) is 66.9 Å². The number of hydrogen-bond donors (Lipinski definition) is 2. The van der Waals surface area contributed by atoms with Gasteiger partial charge in [0.15, 0.2) is 0 Å². The lowest BCUT2D eigenvalue weighted by atomic mass is 9.65. The van der Waals surface area contributed by atoms with Crippen molar-refractivity contribution in [3.05, 3.63) is 99.8 Å². The first-order valence-electron chi connectivity index (χ1n) is 15.5. The normalized spacial score (nSPS) is 22.7. The van der Waals surface area contributed by atoms with E-state index in [9.17, 15) is 15.0 Å². The van der Waals surface area contributed by atoms with Crippen LogP contribution in [-0.4, -0.2) is 65.5 Å². The third-order valence-electron chi connectivity index (χ3n) is 8.94. The quantitative estimate of drug-likeness (QED) is 0.268. The zero-order chi connectivity index (χ0) is 32.2. The second-order valence-electron chi connectivity index (χ2n) is 12.7. The molecule has 2 aliphatic heterocycles. The van der Waals surface area contributed by atoms with Crippen molar-refractivity contribution in [3.63, 3.8) is 0 Å². The van der Waals surface area contributed by atoms with E-state index in [4.69, 9.17) is 25.8 Å². The molecule has 2 aliphatic rings. The fraction of sp³-hybridized carbons (Fsp3) is 0.444. The predicted octanol–water partition coefficient (Wildman–Crippen LogP) is 5.86. The number of pyridine rings is 1. The number of carbonyl (C=O) groups excluding carboxylic acids is 1. The Morgan fingerprint density at radius 2 is 1.96 bits per heavy atom. The van der Waals surface area contributed by atoms with E-state index in [1.54, 1.807) is 39.1 Å². The Labute approximate surface area is 270 Å². The van der Waals surface area contributed by atoms with Gasteiger partial charge in [0.05, 0.1) is 30.1 Å². The highest BCUT2D eigenvalue weighted by molar-refractivity contribution is 6.30. The number of aliphatic hydroxyl groups is 2. The molecule has 0 spiro atoms. The molecule has 240 valence electrons. The molecule has 2 N–H and O–H groups in total. The van der Waals surface area contributed by atoms with Gasteiger partial charge in [0, 0.05) is 47.4 Å². The van der Waals surface area contributed by atoms with Gasteiger partial charge in [-0.05, 0) is 80.6 Å². The molecule has 45 heavy (non-hydrogen) atoms. The molecule has 9 heteroatoms. The number of halogens is 1. The van der Waals surface area contributed by atoms with E-state index < -0.39 is 22.6 Å². The van der Waals surface area contributed by atoms with Gasteiger partial charge in [-0.25, -0.2) is 4.79 Å². The molecule has 2 atom stereocenters. The van der Waals surface area contributed by atoms with Gasteiger partial charge in [-0.3, -0.25) is 4.98 Å². The lowest BCUT2D eigenvalue weighted by Crippen LogP contribution is -2.59. The summed E-state index contributed by atoms with van der Waals surface area (Å²) in [7, 11) is 0. The number of piperidine rings is 1. The molecule has 0 amide bonds. The average molecular weight is 635 g/mol. The van der Waals surface area contributed by atoms with Crippen molar-refractivity contribution in [1.82, 2.24) is 9.88 Å². The van der Waals surface area contributed by atoms with Crippen molar-refractivity contribution in [2.24, 2.45) is 5.41 Å². The topological polar surface area (TPSA) is 101 Å². The van der Waals surface area contributed by atoms with E-state index in [1.165, 1.54) is 0 Å². The van der Waals surface area contributed by atoms with Crippen LogP contribution in [0.25, 0.3) is 5.57 Å². The summed E-state index contributed by atoms with van der Waals surface area (Å²) in [6.07, 6.45) is 5.22. The number of fused-ring (bicyclic) bond motifs is 2. The Bertz CT molecular complexity index is 1540. The minimum atomic E-state index is -1.18. The van der Waals surface area contributed by atoms with Crippen molar-refractivity contribution in [2.45, 2.75) is 58.3 Å². The summed E-state index contributed by atoms with van der Waals surface area (Å²) in [5, 5.41) is 23.5. The van der Waals surface area contributed by atoms with Crippen LogP contribution >= 0.6 is 11.6 Å². The molecular weight excluding hydrogens is 592 g/mol. The van der Waals surface area contributed by atoms with Gasteiger partial charge in [0.1, 0.15) is 19.0 Å². The van der Waals surface area contributed by atoms with Crippen molar-refractivity contribution in [2.75, 3.05) is 39.5 Å². The lowest BCUT2D eigenvalue weighted by Gasteiger charge is -2.52. The Hall–Kier alpha value is -3.27. The highest BCUT2D eigenvalue weighted by atomic mass is 35.5. The first-order valence-corrected chi connectivity index (χ1v) is 15.9. The molecule has 2 unspecified atom stereocenters. The molecular formula is C36H43ClN2O6. The molecule has 1 fully saturated rings. The fourth-order valence-electron chi connectivity index (χ4n) is 6.41. The third kappa shape index (κ3) is 7.26. The zero-order valence-electron chi connectivity index (χ0n) is 26.5. The van der Waals surface area contributed by atoms with E-state index in [-0.39, 0.29) is 19.8 Å². The van der Waals surface area contributed by atoms with Gasteiger partial charge in [0.25, 0.3) is 0 Å². The molecule has 0 bridgehead atoms. The van der Waals surface area contributed by atoms with Crippen LogP contribution in [0, 0.1) is 5.41 Å². The van der Waals surface area contributed by atoms with Crippen LogP contribution in [0.1, 0.15) is 68.5 Å².